The number of benzene rings is 1. The van der Waals surface area contributed by atoms with Gasteiger partial charge in [-0.2, -0.15) is 0 Å². The highest BCUT2D eigenvalue weighted by Crippen LogP contribution is 2.34. The third-order valence-corrected chi connectivity index (χ3v) is 3.22. The highest BCUT2D eigenvalue weighted by atomic mass is 35.5. The van der Waals surface area contributed by atoms with Crippen molar-refractivity contribution < 1.29 is 4.74 Å². The van der Waals surface area contributed by atoms with E-state index in [-0.39, 0.29) is 10.3 Å². The topological polar surface area (TPSA) is 35.0 Å². The molecule has 0 saturated heterocycles. The van der Waals surface area contributed by atoms with Crippen LogP contribution in [-0.4, -0.2) is 10.2 Å². The Morgan fingerprint density at radius 3 is 2.39 bits per heavy atom. The number of rotatable bonds is 2. The molecule has 1 aromatic heterocycles. The summed E-state index contributed by atoms with van der Waals surface area (Å²) in [6.45, 7) is 6.01. The highest BCUT2D eigenvalue weighted by Gasteiger charge is 2.11. The highest BCUT2D eigenvalue weighted by molar-refractivity contribution is 6.32. The monoisotopic (exact) mass is 282 g/mol. The Kier molecular flexibility index (Phi) is 3.73. The molecule has 0 N–H and O–H groups in total. The van der Waals surface area contributed by atoms with Crippen molar-refractivity contribution in [2.75, 3.05) is 0 Å². The minimum Gasteiger partial charge on any atom is -0.453 e. The summed E-state index contributed by atoms with van der Waals surface area (Å²) in [4.78, 5) is 0. The molecule has 2 aromatic rings. The predicted octanol–water partition coefficient (Wildman–Crippen LogP) is 4.50. The van der Waals surface area contributed by atoms with Gasteiger partial charge in [0, 0.05) is 6.07 Å². The number of hydrogen-bond donors (Lipinski definition) is 0. The van der Waals surface area contributed by atoms with Crippen LogP contribution >= 0.6 is 23.2 Å². The third-order valence-electron chi connectivity index (χ3n) is 2.77. The molecule has 0 bridgehead atoms. The first-order valence-corrected chi connectivity index (χ1v) is 6.18. The fraction of sp³-hybridized carbons (Fsp3) is 0.231. The molecule has 0 amide bonds. The maximum absolute atomic E-state index is 5.93. The standard InChI is InChI=1S/C13H12Cl2N2O/c1-7-4-5-8(2)12(9(7)3)18-10-6-11(14)16-17-13(10)15/h4-6H,1-3H3. The maximum Gasteiger partial charge on any atom is 0.194 e. The van der Waals surface area contributed by atoms with Crippen LogP contribution < -0.4 is 4.74 Å². The average Bonchev–Trinajstić information content (AvgIpc) is 2.34. The molecule has 0 aliphatic heterocycles. The normalized spacial score (nSPS) is 10.5. The van der Waals surface area contributed by atoms with Crippen molar-refractivity contribution in [3.63, 3.8) is 0 Å². The molecule has 0 aliphatic rings. The molecule has 0 unspecified atom stereocenters. The largest absolute Gasteiger partial charge is 0.453 e. The van der Waals surface area contributed by atoms with Gasteiger partial charge in [0.05, 0.1) is 0 Å². The molecule has 0 saturated carbocycles. The van der Waals surface area contributed by atoms with Crippen molar-refractivity contribution in [2.45, 2.75) is 20.8 Å². The zero-order chi connectivity index (χ0) is 13.3. The van der Waals surface area contributed by atoms with Gasteiger partial charge < -0.3 is 4.74 Å². The molecule has 0 fully saturated rings. The smallest absolute Gasteiger partial charge is 0.194 e. The van der Waals surface area contributed by atoms with Gasteiger partial charge in [-0.15, -0.1) is 10.2 Å². The number of hydrogen-bond acceptors (Lipinski definition) is 3. The van der Waals surface area contributed by atoms with Crippen molar-refractivity contribution in [2.24, 2.45) is 0 Å². The quantitative estimate of drug-likeness (QED) is 0.813. The fourth-order valence-electron chi connectivity index (χ4n) is 1.60. The van der Waals surface area contributed by atoms with Crippen LogP contribution in [0, 0.1) is 20.8 Å². The summed E-state index contributed by atoms with van der Waals surface area (Å²) in [7, 11) is 0. The summed E-state index contributed by atoms with van der Waals surface area (Å²) in [5.41, 5.74) is 3.25. The zero-order valence-electron chi connectivity index (χ0n) is 10.3. The van der Waals surface area contributed by atoms with Crippen molar-refractivity contribution in [1.82, 2.24) is 10.2 Å². The second-order valence-electron chi connectivity index (χ2n) is 4.08. The first-order valence-electron chi connectivity index (χ1n) is 5.42. The summed E-state index contributed by atoms with van der Waals surface area (Å²) < 4.78 is 5.81. The van der Waals surface area contributed by atoms with Gasteiger partial charge in [-0.3, -0.25) is 0 Å². The van der Waals surface area contributed by atoms with E-state index in [2.05, 4.69) is 16.3 Å². The molecule has 3 nitrogen and oxygen atoms in total. The molecule has 0 aliphatic carbocycles. The van der Waals surface area contributed by atoms with Gasteiger partial charge in [0.1, 0.15) is 5.75 Å². The second kappa shape index (κ2) is 5.12. The Morgan fingerprint density at radius 1 is 1.00 bits per heavy atom. The van der Waals surface area contributed by atoms with Gasteiger partial charge in [-0.1, -0.05) is 35.3 Å². The number of ether oxygens (including phenoxy) is 1. The van der Waals surface area contributed by atoms with E-state index in [0.717, 1.165) is 22.4 Å². The average molecular weight is 283 g/mol. The maximum atomic E-state index is 5.93. The van der Waals surface area contributed by atoms with Crippen molar-refractivity contribution >= 4 is 23.2 Å². The predicted molar refractivity (Wildman–Crippen MR) is 72.8 cm³/mol. The lowest BCUT2D eigenvalue weighted by atomic mass is 10.1. The third kappa shape index (κ3) is 2.57. The number of aromatic nitrogens is 2. The van der Waals surface area contributed by atoms with Crippen LogP contribution in [0.2, 0.25) is 10.3 Å². The SMILES string of the molecule is Cc1ccc(C)c(Oc2cc(Cl)nnc2Cl)c1C. The van der Waals surface area contributed by atoms with Gasteiger partial charge in [-0.05, 0) is 37.5 Å². The van der Waals surface area contributed by atoms with E-state index >= 15 is 0 Å². The van der Waals surface area contributed by atoms with Gasteiger partial charge >= 0.3 is 0 Å². The van der Waals surface area contributed by atoms with Gasteiger partial charge in [0.2, 0.25) is 0 Å². The molecular weight excluding hydrogens is 271 g/mol. The molecule has 1 heterocycles. The van der Waals surface area contributed by atoms with E-state index in [1.54, 1.807) is 6.07 Å². The van der Waals surface area contributed by atoms with Gasteiger partial charge in [0.25, 0.3) is 0 Å². The number of nitrogens with zero attached hydrogens (tertiary/aromatic N) is 2. The number of halogens is 2. The van der Waals surface area contributed by atoms with Crippen molar-refractivity contribution in [3.8, 4) is 11.5 Å². The van der Waals surface area contributed by atoms with Crippen LogP contribution in [-0.2, 0) is 0 Å². The van der Waals surface area contributed by atoms with Crippen molar-refractivity contribution in [1.29, 1.82) is 0 Å². The fourth-order valence-corrected chi connectivity index (χ4v) is 1.87. The molecule has 1 aromatic carbocycles. The van der Waals surface area contributed by atoms with E-state index in [9.17, 15) is 0 Å². The number of aryl methyl sites for hydroxylation is 2. The Morgan fingerprint density at radius 2 is 1.67 bits per heavy atom. The Bertz CT molecular complexity index is 600. The Balaban J connectivity index is 2.46. The molecule has 18 heavy (non-hydrogen) atoms. The summed E-state index contributed by atoms with van der Waals surface area (Å²) in [5.74, 6) is 1.19. The van der Waals surface area contributed by atoms with Crippen LogP contribution in [0.3, 0.4) is 0 Å². The lowest BCUT2D eigenvalue weighted by Crippen LogP contribution is -1.96. The zero-order valence-corrected chi connectivity index (χ0v) is 11.8. The summed E-state index contributed by atoms with van der Waals surface area (Å²) in [6.07, 6.45) is 0. The summed E-state index contributed by atoms with van der Waals surface area (Å²) in [5, 5.41) is 7.80. The molecule has 0 spiro atoms. The summed E-state index contributed by atoms with van der Waals surface area (Å²) >= 11 is 11.7. The van der Waals surface area contributed by atoms with Crippen LogP contribution in [0.15, 0.2) is 18.2 Å². The minimum atomic E-state index is 0.194. The first kappa shape index (κ1) is 13.1. The van der Waals surface area contributed by atoms with Crippen LogP contribution in [0.4, 0.5) is 0 Å². The van der Waals surface area contributed by atoms with Gasteiger partial charge in [0.15, 0.2) is 16.1 Å². The van der Waals surface area contributed by atoms with E-state index < -0.39 is 0 Å². The molecule has 0 radical (unpaired) electrons. The first-order chi connectivity index (χ1) is 8.49. The Hall–Kier alpha value is -1.32. The van der Waals surface area contributed by atoms with Crippen LogP contribution in [0.25, 0.3) is 0 Å². The molecular formula is C13H12Cl2N2O. The molecule has 5 heteroatoms. The van der Waals surface area contributed by atoms with Crippen LogP contribution in [0.1, 0.15) is 16.7 Å². The van der Waals surface area contributed by atoms with Gasteiger partial charge in [-0.25, -0.2) is 0 Å². The van der Waals surface area contributed by atoms with E-state index in [1.807, 2.05) is 26.8 Å². The van der Waals surface area contributed by atoms with E-state index in [4.69, 9.17) is 27.9 Å². The second-order valence-corrected chi connectivity index (χ2v) is 4.82. The lowest BCUT2D eigenvalue weighted by Gasteiger charge is -2.13. The molecule has 2 rings (SSSR count). The van der Waals surface area contributed by atoms with E-state index in [0.29, 0.717) is 5.75 Å². The molecule has 94 valence electrons. The van der Waals surface area contributed by atoms with E-state index in [1.165, 1.54) is 0 Å². The summed E-state index contributed by atoms with van der Waals surface area (Å²) in [6, 6.07) is 5.61. The molecule has 0 atom stereocenters. The van der Waals surface area contributed by atoms with Crippen molar-refractivity contribution in [3.05, 3.63) is 45.2 Å². The minimum absolute atomic E-state index is 0.194. The Labute approximate surface area is 116 Å². The lowest BCUT2D eigenvalue weighted by molar-refractivity contribution is 0.471. The van der Waals surface area contributed by atoms with Crippen LogP contribution in [0.5, 0.6) is 11.5 Å².